The molecule has 4 aromatic heterocycles. The van der Waals surface area contributed by atoms with Crippen molar-refractivity contribution in [2.45, 2.75) is 67.7 Å². The van der Waals surface area contributed by atoms with Crippen molar-refractivity contribution in [3.8, 4) is 0 Å². The number of aromatic nitrogens is 6. The molecule has 2 aliphatic carbocycles. The number of fused-ring (bicyclic) bond motifs is 8. The fraction of sp³-hybridized carbons (Fsp3) is 0.244. The minimum absolute atomic E-state index is 0.0792. The van der Waals surface area contributed by atoms with Gasteiger partial charge in [-0.3, -0.25) is 19.2 Å². The normalized spacial score (nSPS) is 17.5. The van der Waals surface area contributed by atoms with Gasteiger partial charge in [0.1, 0.15) is 35.6 Å². The number of carboxylic acids is 1. The van der Waals surface area contributed by atoms with Crippen molar-refractivity contribution in [1.29, 1.82) is 0 Å². The number of nitrogens with zero attached hydrogens (tertiary/aromatic N) is 4. The van der Waals surface area contributed by atoms with Crippen molar-refractivity contribution in [1.82, 2.24) is 35.2 Å². The molecule has 0 saturated heterocycles. The minimum Gasteiger partial charge on any atom is -0.481 e. The first-order chi connectivity index (χ1) is 29.7. The van der Waals surface area contributed by atoms with Crippen LogP contribution >= 0.6 is 23.5 Å². The van der Waals surface area contributed by atoms with Gasteiger partial charge in [0.25, 0.3) is 0 Å². The third-order valence-electron chi connectivity index (χ3n) is 11.8. The van der Waals surface area contributed by atoms with Crippen molar-refractivity contribution in [2.24, 2.45) is 11.8 Å². The van der Waals surface area contributed by atoms with Crippen molar-refractivity contribution in [3.63, 3.8) is 0 Å². The fourth-order valence-corrected chi connectivity index (χ4v) is 10.5. The molecule has 16 heteroatoms. The Labute approximate surface area is 357 Å². The van der Waals surface area contributed by atoms with E-state index in [1.807, 2.05) is 66.7 Å². The molecule has 0 saturated carbocycles. The summed E-state index contributed by atoms with van der Waals surface area (Å²) in [5, 5.41) is 21.4. The van der Waals surface area contributed by atoms with Crippen molar-refractivity contribution in [2.75, 3.05) is 10.6 Å². The zero-order chi connectivity index (χ0) is 41.6. The van der Waals surface area contributed by atoms with Gasteiger partial charge >= 0.3 is 5.97 Å². The summed E-state index contributed by atoms with van der Waals surface area (Å²) in [5.41, 5.74) is 10.7. The summed E-state index contributed by atoms with van der Waals surface area (Å²) in [6.07, 6.45) is 8.03. The van der Waals surface area contributed by atoms with Crippen molar-refractivity contribution in [3.05, 3.63) is 119 Å². The molecule has 1 amide bonds. The molecule has 7 aromatic rings. The molecule has 0 radical (unpaired) electrons. The quantitative estimate of drug-likeness (QED) is 0.0885. The summed E-state index contributed by atoms with van der Waals surface area (Å²) >= 11 is 2.55. The predicted molar refractivity (Wildman–Crippen MR) is 233 cm³/mol. The Bertz CT molecular complexity index is 2910. The van der Waals surface area contributed by atoms with Gasteiger partial charge in [0, 0.05) is 57.9 Å². The van der Waals surface area contributed by atoms with E-state index in [1.54, 1.807) is 6.33 Å². The molecule has 11 rings (SSSR count). The van der Waals surface area contributed by atoms with E-state index in [-0.39, 0.29) is 28.0 Å². The van der Waals surface area contributed by atoms with Crippen LogP contribution in [0.2, 0.25) is 0 Å². The molecule has 2 atom stereocenters. The lowest BCUT2D eigenvalue weighted by molar-refractivity contribution is -0.142. The van der Waals surface area contributed by atoms with Gasteiger partial charge in [-0.2, -0.15) is 0 Å². The molecular weight excluding hydrogens is 811 g/mol. The topological polar surface area (TPSA) is 208 Å². The number of amides is 1. The number of carboxylic acid groups (broad SMARTS) is 1. The molecule has 61 heavy (non-hydrogen) atoms. The van der Waals surface area contributed by atoms with Gasteiger partial charge in [0.15, 0.2) is 10.2 Å². The third-order valence-corrected chi connectivity index (χ3v) is 13.7. The van der Waals surface area contributed by atoms with Crippen molar-refractivity contribution < 1.29 is 24.3 Å². The Morgan fingerprint density at radius 1 is 0.689 bits per heavy atom. The number of aryl methyl sites for hydroxylation is 2. The summed E-state index contributed by atoms with van der Waals surface area (Å²) in [7, 11) is 0. The number of hydrogen-bond donors (Lipinski definition) is 6. The lowest BCUT2D eigenvalue weighted by atomic mass is 9.86. The van der Waals surface area contributed by atoms with Crippen LogP contribution in [-0.2, 0) is 64.2 Å². The Balaban J connectivity index is 0.000000150. The highest BCUT2D eigenvalue weighted by atomic mass is 32.2. The number of rotatable bonds is 8. The smallest absolute Gasteiger partial charge is 0.306 e. The van der Waals surface area contributed by atoms with E-state index in [9.17, 15) is 24.3 Å². The highest BCUT2D eigenvalue weighted by Crippen LogP contribution is 2.40. The van der Waals surface area contributed by atoms with Crippen LogP contribution in [0.25, 0.3) is 22.1 Å². The van der Waals surface area contributed by atoms with Crippen LogP contribution in [0.1, 0.15) is 52.0 Å². The van der Waals surface area contributed by atoms with Crippen LogP contribution in [-0.4, -0.2) is 57.1 Å². The number of aromatic amines is 2. The van der Waals surface area contributed by atoms with Crippen LogP contribution in [0.4, 0.5) is 23.0 Å². The Morgan fingerprint density at radius 3 is 1.75 bits per heavy atom. The van der Waals surface area contributed by atoms with Crippen LogP contribution in [0, 0.1) is 11.8 Å². The van der Waals surface area contributed by atoms with E-state index >= 15 is 0 Å². The Kier molecular flexibility index (Phi) is 10.2. The second kappa shape index (κ2) is 16.2. The zero-order valence-electron chi connectivity index (χ0n) is 32.7. The number of aliphatic carboxylic acids is 1. The highest BCUT2D eigenvalue weighted by molar-refractivity contribution is 8.14. The number of thioether (sulfide) groups is 2. The SMILES string of the molecule is O=C1Cc2ccc(Nc3ncnc4[nH]c5c(c34)CC(C(=O)NCc3ccccc3)CC5)cc2S1.O=C1Cc2ccc(Nc3ncnc4[nH]c5c(c34)CC(C(=O)O)CC5)cc2S1. The first-order valence-electron chi connectivity index (χ1n) is 20.2. The van der Waals surface area contributed by atoms with Gasteiger partial charge in [0.2, 0.25) is 5.91 Å². The molecule has 4 aliphatic rings. The van der Waals surface area contributed by atoms with Crippen LogP contribution < -0.4 is 16.0 Å². The van der Waals surface area contributed by atoms with E-state index in [0.29, 0.717) is 62.4 Å². The van der Waals surface area contributed by atoms with E-state index in [0.717, 1.165) is 89.6 Å². The average molecular weight is 850 g/mol. The lowest BCUT2D eigenvalue weighted by Crippen LogP contribution is -2.33. The predicted octanol–water partition coefficient (Wildman–Crippen LogP) is 7.36. The van der Waals surface area contributed by atoms with Crippen molar-refractivity contribution >= 4 is 90.7 Å². The number of nitrogens with one attached hydrogen (secondary N) is 5. The van der Waals surface area contributed by atoms with Gasteiger partial charge < -0.3 is 31.0 Å². The van der Waals surface area contributed by atoms with Gasteiger partial charge in [-0.05, 0) is 90.6 Å². The molecule has 0 fully saturated rings. The highest BCUT2D eigenvalue weighted by Gasteiger charge is 2.31. The first-order valence-corrected chi connectivity index (χ1v) is 21.8. The number of hydrogen-bond acceptors (Lipinski definition) is 12. The van der Waals surface area contributed by atoms with Crippen LogP contribution in [0.5, 0.6) is 0 Å². The van der Waals surface area contributed by atoms with Crippen LogP contribution in [0.15, 0.2) is 89.2 Å². The summed E-state index contributed by atoms with van der Waals surface area (Å²) in [6.45, 7) is 0.533. The maximum absolute atomic E-state index is 13.0. The number of carbonyl (C=O) groups is 4. The molecule has 306 valence electrons. The fourth-order valence-electron chi connectivity index (χ4n) is 8.68. The van der Waals surface area contributed by atoms with Gasteiger partial charge in [-0.1, -0.05) is 66.0 Å². The second-order valence-corrected chi connectivity index (χ2v) is 17.9. The summed E-state index contributed by atoms with van der Waals surface area (Å²) in [4.78, 5) is 74.2. The molecule has 6 N–H and O–H groups in total. The monoisotopic (exact) mass is 849 g/mol. The summed E-state index contributed by atoms with van der Waals surface area (Å²) < 4.78 is 0. The van der Waals surface area contributed by atoms with E-state index < -0.39 is 5.97 Å². The standard InChI is InChI=1S/C26H23N5O2S.C19H16N4O3S/c32-22-11-16-6-8-18(12-21(16)34-22)30-24-23-19-10-17(7-9-20(19)31-25(23)29-14-28-24)26(33)27-13-15-4-2-1-3-5-15;24-15-6-9-1-3-11(7-14(9)27-15)22-17-16-12-5-10(19(25)26)2-4-13(12)23-18(16)21-8-20-17/h1-6,8,12,14,17H,7,9-11,13H2,(H,27,33)(H2,28,29,30,31);1,3,7-8,10H,2,4-6H2,(H,25,26)(H2,20,21,22,23). The summed E-state index contributed by atoms with van der Waals surface area (Å²) in [6, 6.07) is 21.8. The molecule has 2 unspecified atom stereocenters. The Morgan fingerprint density at radius 2 is 1.21 bits per heavy atom. The molecule has 0 bridgehead atoms. The zero-order valence-corrected chi connectivity index (χ0v) is 34.3. The lowest BCUT2D eigenvalue weighted by Gasteiger charge is -2.22. The largest absolute Gasteiger partial charge is 0.481 e. The Hall–Kier alpha value is -6.52. The van der Waals surface area contributed by atoms with E-state index in [4.69, 9.17) is 0 Å². The van der Waals surface area contributed by atoms with Crippen LogP contribution in [0.3, 0.4) is 0 Å². The molecule has 0 spiro atoms. The average Bonchev–Trinajstić information content (AvgIpc) is 4.04. The number of benzene rings is 3. The number of carbonyl (C=O) groups excluding carboxylic acids is 3. The van der Waals surface area contributed by atoms with E-state index in [1.165, 1.54) is 29.9 Å². The van der Waals surface area contributed by atoms with E-state index in [2.05, 4.69) is 45.9 Å². The number of H-pyrrole nitrogens is 2. The second-order valence-electron chi connectivity index (χ2n) is 15.7. The molecular formula is C45H39N9O5S2. The third kappa shape index (κ3) is 7.84. The molecule has 14 nitrogen and oxygen atoms in total. The maximum Gasteiger partial charge on any atom is 0.306 e. The summed E-state index contributed by atoms with van der Waals surface area (Å²) in [5.74, 6) is 0.203. The maximum atomic E-state index is 13.0. The number of anilines is 4. The van der Waals surface area contributed by atoms with Gasteiger partial charge in [-0.15, -0.1) is 0 Å². The molecule has 6 heterocycles. The molecule has 2 aliphatic heterocycles. The minimum atomic E-state index is -0.762. The van der Waals surface area contributed by atoms with Gasteiger partial charge in [0.05, 0.1) is 16.7 Å². The molecule has 3 aromatic carbocycles. The first kappa shape index (κ1) is 38.7. The van der Waals surface area contributed by atoms with Gasteiger partial charge in [-0.25, -0.2) is 19.9 Å².